The van der Waals surface area contributed by atoms with Crippen LogP contribution >= 0.6 is 0 Å². The van der Waals surface area contributed by atoms with E-state index in [9.17, 15) is 18.3 Å². The molecule has 0 saturated carbocycles. The van der Waals surface area contributed by atoms with E-state index in [4.69, 9.17) is 0 Å². The van der Waals surface area contributed by atoms with Crippen LogP contribution in [0.5, 0.6) is 5.75 Å². The van der Waals surface area contributed by atoms with Gasteiger partial charge in [0.25, 0.3) is 0 Å². The van der Waals surface area contributed by atoms with E-state index in [2.05, 4.69) is 0 Å². The van der Waals surface area contributed by atoms with Gasteiger partial charge in [-0.05, 0) is 52.6 Å². The smallest absolute Gasteiger partial charge is 0.416 e. The lowest BCUT2D eigenvalue weighted by molar-refractivity contribution is -0.137. The van der Waals surface area contributed by atoms with Crippen LogP contribution in [0.3, 0.4) is 0 Å². The largest absolute Gasteiger partial charge is 0.507 e. The summed E-state index contributed by atoms with van der Waals surface area (Å²) in [6.45, 7) is 8.06. The summed E-state index contributed by atoms with van der Waals surface area (Å²) in [5.74, 6) is 0.682. The van der Waals surface area contributed by atoms with E-state index < -0.39 is 11.7 Å². The van der Waals surface area contributed by atoms with Gasteiger partial charge >= 0.3 is 6.18 Å². The van der Waals surface area contributed by atoms with Crippen molar-refractivity contribution in [1.82, 2.24) is 0 Å². The van der Waals surface area contributed by atoms with Gasteiger partial charge in [-0.2, -0.15) is 13.2 Å². The van der Waals surface area contributed by atoms with E-state index in [-0.39, 0.29) is 11.8 Å². The summed E-state index contributed by atoms with van der Waals surface area (Å²) in [6, 6.07) is 9.15. The summed E-state index contributed by atoms with van der Waals surface area (Å²) in [5.41, 5.74) is 2.94. The van der Waals surface area contributed by atoms with Gasteiger partial charge in [0, 0.05) is 0 Å². The average Bonchev–Trinajstić information content (AvgIpc) is 2.48. The molecule has 0 aliphatic heterocycles. The van der Waals surface area contributed by atoms with E-state index >= 15 is 0 Å². The number of hydrogen-bond donors (Lipinski definition) is 1. The van der Waals surface area contributed by atoms with Crippen LogP contribution < -0.4 is 0 Å². The summed E-state index contributed by atoms with van der Waals surface area (Å²) in [4.78, 5) is 0. The van der Waals surface area contributed by atoms with E-state index in [0.717, 1.165) is 34.4 Å². The van der Waals surface area contributed by atoms with Crippen LogP contribution in [0.4, 0.5) is 13.2 Å². The minimum absolute atomic E-state index is 0.176. The van der Waals surface area contributed by atoms with E-state index in [1.165, 1.54) is 12.1 Å². The molecular weight excluding hydrogens is 313 g/mol. The van der Waals surface area contributed by atoms with Crippen LogP contribution in [0.15, 0.2) is 36.4 Å². The molecule has 2 aromatic rings. The quantitative estimate of drug-likeness (QED) is 0.700. The lowest BCUT2D eigenvalue weighted by atomic mass is 9.89. The first-order chi connectivity index (χ1) is 11.1. The van der Waals surface area contributed by atoms with Gasteiger partial charge in [0.15, 0.2) is 0 Å². The zero-order valence-electron chi connectivity index (χ0n) is 14.4. The fraction of sp³-hybridized carbons (Fsp3) is 0.400. The highest BCUT2D eigenvalue weighted by molar-refractivity contribution is 5.48. The molecule has 1 N–H and O–H groups in total. The Hall–Kier alpha value is -1.97. The summed E-state index contributed by atoms with van der Waals surface area (Å²) < 4.78 is 37.9. The highest BCUT2D eigenvalue weighted by Gasteiger charge is 2.29. The maximum atomic E-state index is 12.6. The minimum atomic E-state index is -4.31. The highest BCUT2D eigenvalue weighted by Crippen LogP contribution is 2.35. The molecule has 0 heterocycles. The molecule has 0 spiro atoms. The van der Waals surface area contributed by atoms with Gasteiger partial charge in [-0.3, -0.25) is 0 Å². The fourth-order valence-corrected chi connectivity index (χ4v) is 2.77. The molecule has 0 radical (unpaired) electrons. The molecule has 0 aliphatic rings. The second-order valence-electron chi connectivity index (χ2n) is 6.80. The van der Waals surface area contributed by atoms with Gasteiger partial charge in [0.2, 0.25) is 0 Å². The molecule has 0 atom stereocenters. The van der Waals surface area contributed by atoms with Crippen molar-refractivity contribution in [2.45, 2.75) is 52.1 Å². The standard InChI is InChI=1S/C20H23F3O/c1-12(2)17-10-15(11-18(13(3)4)19(17)24)9-14-5-7-16(8-6-14)20(21,22)23/h5-8,10-13,24H,9H2,1-4H3. The number of rotatable bonds is 4. The Bertz CT molecular complexity index is 669. The molecule has 2 rings (SSSR count). The molecule has 130 valence electrons. The maximum absolute atomic E-state index is 12.6. The Balaban J connectivity index is 2.35. The second kappa shape index (κ2) is 6.88. The third-order valence-corrected chi connectivity index (χ3v) is 4.16. The summed E-state index contributed by atoms with van der Waals surface area (Å²) in [7, 11) is 0. The first kappa shape index (κ1) is 18.4. The third-order valence-electron chi connectivity index (χ3n) is 4.16. The molecule has 0 bridgehead atoms. The number of halogens is 3. The predicted octanol–water partition coefficient (Wildman–Crippen LogP) is 6.25. The molecule has 0 aliphatic carbocycles. The number of alkyl halides is 3. The van der Waals surface area contributed by atoms with Gasteiger partial charge in [0.05, 0.1) is 5.56 Å². The molecule has 0 aromatic heterocycles. The average molecular weight is 336 g/mol. The number of phenols is 1. The maximum Gasteiger partial charge on any atom is 0.416 e. The van der Waals surface area contributed by atoms with Crippen molar-refractivity contribution in [3.63, 3.8) is 0 Å². The summed E-state index contributed by atoms with van der Waals surface area (Å²) >= 11 is 0. The number of phenolic OH excluding ortho intramolecular Hbond substituents is 1. The molecule has 24 heavy (non-hydrogen) atoms. The first-order valence-electron chi connectivity index (χ1n) is 8.11. The molecular formula is C20H23F3O. The van der Waals surface area contributed by atoms with Crippen LogP contribution in [0.1, 0.15) is 67.3 Å². The molecule has 0 amide bonds. The Kier molecular flexibility index (Phi) is 5.26. The molecule has 2 aromatic carbocycles. The Morgan fingerprint density at radius 3 is 1.67 bits per heavy atom. The topological polar surface area (TPSA) is 20.2 Å². The Morgan fingerprint density at radius 2 is 1.29 bits per heavy atom. The van der Waals surface area contributed by atoms with Crippen LogP contribution in [-0.2, 0) is 12.6 Å². The zero-order valence-corrected chi connectivity index (χ0v) is 14.4. The normalized spacial score (nSPS) is 12.2. The van der Waals surface area contributed by atoms with Crippen molar-refractivity contribution >= 4 is 0 Å². The van der Waals surface area contributed by atoms with Gasteiger partial charge in [-0.25, -0.2) is 0 Å². The number of hydrogen-bond acceptors (Lipinski definition) is 1. The monoisotopic (exact) mass is 336 g/mol. The minimum Gasteiger partial charge on any atom is -0.507 e. The van der Waals surface area contributed by atoms with Crippen LogP contribution in [-0.4, -0.2) is 5.11 Å². The number of aromatic hydroxyl groups is 1. The molecule has 4 heteroatoms. The molecule has 0 saturated heterocycles. The van der Waals surface area contributed by atoms with Crippen LogP contribution in [0, 0.1) is 0 Å². The summed E-state index contributed by atoms with van der Waals surface area (Å²) in [5, 5.41) is 10.4. The summed E-state index contributed by atoms with van der Waals surface area (Å²) in [6.07, 6.45) is -3.77. The van der Waals surface area contributed by atoms with Crippen molar-refractivity contribution in [1.29, 1.82) is 0 Å². The van der Waals surface area contributed by atoms with Gasteiger partial charge in [-0.1, -0.05) is 52.0 Å². The second-order valence-corrected chi connectivity index (χ2v) is 6.80. The van der Waals surface area contributed by atoms with Gasteiger partial charge in [0.1, 0.15) is 5.75 Å². The van der Waals surface area contributed by atoms with Gasteiger partial charge < -0.3 is 5.11 Å². The van der Waals surface area contributed by atoms with Crippen molar-refractivity contribution in [2.24, 2.45) is 0 Å². The van der Waals surface area contributed by atoms with E-state index in [1.807, 2.05) is 39.8 Å². The van der Waals surface area contributed by atoms with E-state index in [1.54, 1.807) is 0 Å². The number of benzene rings is 2. The Labute approximate surface area is 141 Å². The van der Waals surface area contributed by atoms with Crippen molar-refractivity contribution in [2.75, 3.05) is 0 Å². The highest BCUT2D eigenvalue weighted by atomic mass is 19.4. The molecule has 0 fully saturated rings. The van der Waals surface area contributed by atoms with Crippen LogP contribution in [0.25, 0.3) is 0 Å². The van der Waals surface area contributed by atoms with Crippen molar-refractivity contribution in [3.8, 4) is 5.75 Å². The van der Waals surface area contributed by atoms with E-state index in [0.29, 0.717) is 12.2 Å². The SMILES string of the molecule is CC(C)c1cc(Cc2ccc(C(F)(F)F)cc2)cc(C(C)C)c1O. The lowest BCUT2D eigenvalue weighted by Gasteiger charge is -2.18. The lowest BCUT2D eigenvalue weighted by Crippen LogP contribution is -2.04. The third kappa shape index (κ3) is 4.11. The van der Waals surface area contributed by atoms with Crippen molar-refractivity contribution in [3.05, 3.63) is 64.2 Å². The molecule has 0 unspecified atom stereocenters. The van der Waals surface area contributed by atoms with Crippen molar-refractivity contribution < 1.29 is 18.3 Å². The Morgan fingerprint density at radius 1 is 0.833 bits per heavy atom. The fourth-order valence-electron chi connectivity index (χ4n) is 2.77. The van der Waals surface area contributed by atoms with Crippen LogP contribution in [0.2, 0.25) is 0 Å². The predicted molar refractivity (Wildman–Crippen MR) is 90.5 cm³/mol. The first-order valence-corrected chi connectivity index (χ1v) is 8.11. The zero-order chi connectivity index (χ0) is 18.1. The molecule has 1 nitrogen and oxygen atoms in total. The van der Waals surface area contributed by atoms with Gasteiger partial charge in [-0.15, -0.1) is 0 Å².